The number of hydrogen-bond acceptors (Lipinski definition) is 10. The number of ketones is 1. The molecule has 3 fully saturated rings. The summed E-state index contributed by atoms with van der Waals surface area (Å²) in [7, 11) is -3.96. The van der Waals surface area contributed by atoms with Gasteiger partial charge in [0.2, 0.25) is 21.8 Å². The van der Waals surface area contributed by atoms with E-state index in [4.69, 9.17) is 14.5 Å². The first-order valence-corrected chi connectivity index (χ1v) is 20.6. The molecule has 0 radical (unpaired) electrons. The summed E-state index contributed by atoms with van der Waals surface area (Å²) in [4.78, 5) is 62.6. The second-order valence-corrected chi connectivity index (χ2v) is 18.8. The number of carbonyl (C=O) groups excluding carboxylic acids is 4. The lowest BCUT2D eigenvalue weighted by atomic mass is 9.83. The average molecular weight is 750 g/mol. The number of Topliss-reactive ketones (excluding diaryl/α,β-unsaturated/α-hetero) is 1. The Balaban J connectivity index is 1.25. The highest BCUT2D eigenvalue weighted by molar-refractivity contribution is 7.91. The number of aromatic nitrogens is 1. The quantitative estimate of drug-likeness (QED) is 0.298. The topological polar surface area (TPSA) is 169 Å². The molecule has 7 rings (SSSR count). The van der Waals surface area contributed by atoms with Crippen LogP contribution in [0.5, 0.6) is 5.75 Å². The van der Waals surface area contributed by atoms with Gasteiger partial charge in [0.1, 0.15) is 11.4 Å². The molecule has 5 aliphatic rings. The van der Waals surface area contributed by atoms with E-state index >= 15 is 0 Å². The Bertz CT molecular complexity index is 1970. The number of rotatable bonds is 6. The first kappa shape index (κ1) is 37.5. The molecule has 2 aliphatic carbocycles. The first-order valence-electron chi connectivity index (χ1n) is 19.1. The number of benzene rings is 1. The molecule has 1 spiro atoms. The van der Waals surface area contributed by atoms with Gasteiger partial charge in [0.05, 0.1) is 52.6 Å². The van der Waals surface area contributed by atoms with Crippen molar-refractivity contribution in [3.8, 4) is 5.75 Å². The summed E-state index contributed by atoms with van der Waals surface area (Å²) in [5.74, 6) is -2.61. The van der Waals surface area contributed by atoms with Crippen molar-refractivity contribution in [3.05, 3.63) is 47.7 Å². The molecule has 53 heavy (non-hydrogen) atoms. The van der Waals surface area contributed by atoms with E-state index in [1.54, 1.807) is 27.7 Å². The summed E-state index contributed by atoms with van der Waals surface area (Å²) in [6.45, 7) is 6.89. The Morgan fingerprint density at radius 3 is 2.60 bits per heavy atom. The van der Waals surface area contributed by atoms with Crippen LogP contribution in [0.4, 0.5) is 0 Å². The van der Waals surface area contributed by atoms with Crippen molar-refractivity contribution in [2.45, 2.75) is 133 Å². The van der Waals surface area contributed by atoms with Crippen LogP contribution in [0.15, 0.2) is 36.4 Å². The number of aliphatic hydroxyl groups excluding tert-OH is 1. The molecule has 3 aliphatic heterocycles. The Hall–Kier alpha value is -3.84. The van der Waals surface area contributed by atoms with Crippen LogP contribution in [0, 0.1) is 24.2 Å². The van der Waals surface area contributed by atoms with Gasteiger partial charge < -0.3 is 19.5 Å². The number of ether oxygens (including phenoxy) is 2. The zero-order chi connectivity index (χ0) is 37.9. The second kappa shape index (κ2) is 13.8. The van der Waals surface area contributed by atoms with Gasteiger partial charge in [-0.25, -0.2) is 13.4 Å². The number of nitrogens with zero attached hydrogens (tertiary/aromatic N) is 2. The molecular formula is C40H51N3O9S. The van der Waals surface area contributed by atoms with Gasteiger partial charge in [0, 0.05) is 36.1 Å². The molecule has 4 heterocycles. The van der Waals surface area contributed by atoms with Gasteiger partial charge in [-0.3, -0.25) is 23.9 Å². The Morgan fingerprint density at radius 1 is 1.11 bits per heavy atom. The smallest absolute Gasteiger partial charge is 0.306 e. The SMILES string of the molecule is Cc1nc2ccccc2c2c1O[C@]1(CC2O)C[C@H]2C(=O)C[C@]3(C(=O)NS(=O)(=O)C4(C)CC4)C[C@H]3/C=C\CCCCC[C@H](CC(=O)OC(C)C)C(=O)N2C1. The summed E-state index contributed by atoms with van der Waals surface area (Å²) >= 11 is 0. The maximum Gasteiger partial charge on any atom is 0.306 e. The minimum atomic E-state index is -3.96. The van der Waals surface area contributed by atoms with Crippen molar-refractivity contribution in [3.63, 3.8) is 0 Å². The number of allylic oxidation sites excluding steroid dienone is 2. The first-order chi connectivity index (χ1) is 25.1. The van der Waals surface area contributed by atoms with Gasteiger partial charge in [-0.05, 0) is 78.2 Å². The number of para-hydroxylation sites is 1. The summed E-state index contributed by atoms with van der Waals surface area (Å²) < 4.78 is 40.0. The van der Waals surface area contributed by atoms with Gasteiger partial charge >= 0.3 is 5.97 Å². The molecule has 2 aromatic rings. The zero-order valence-corrected chi connectivity index (χ0v) is 31.9. The minimum Gasteiger partial charge on any atom is -0.483 e. The van der Waals surface area contributed by atoms with Crippen molar-refractivity contribution >= 4 is 44.5 Å². The number of fused-ring (bicyclic) bond motifs is 5. The highest BCUT2D eigenvalue weighted by Gasteiger charge is 2.63. The molecule has 2 amide bonds. The fraction of sp³-hybridized carbons (Fsp3) is 0.625. The predicted octanol–water partition coefficient (Wildman–Crippen LogP) is 5.14. The zero-order valence-electron chi connectivity index (χ0n) is 31.1. The number of hydrogen-bond donors (Lipinski definition) is 2. The lowest BCUT2D eigenvalue weighted by molar-refractivity contribution is -0.153. The van der Waals surface area contributed by atoms with E-state index in [0.29, 0.717) is 49.1 Å². The Labute approximate surface area is 311 Å². The van der Waals surface area contributed by atoms with Crippen LogP contribution in [0.3, 0.4) is 0 Å². The van der Waals surface area contributed by atoms with Gasteiger partial charge in [0.25, 0.3) is 0 Å². The standard InChI is InChI=1S/C40H51N3O9S/c1-24(2)51-33(46)18-26-12-8-6-5-7-9-13-27-19-40(27,37(48)42-53(49,50)38(4)16-17-38)22-31(44)30-20-39(23-43(30)36(26)47)21-32(45)34-28-14-10-11-15-29(28)41-25(3)35(34)52-39/h9-11,13-15,24,26-27,30,32,45H,5-8,12,16-23H2,1-4H3,(H,42,48)/b13-9-/t26-,27-,30+,32?,39+,40-/m1/s1. The van der Waals surface area contributed by atoms with Gasteiger partial charge in [-0.15, -0.1) is 0 Å². The van der Waals surface area contributed by atoms with Gasteiger partial charge in [-0.2, -0.15) is 0 Å². The normalized spacial score (nSPS) is 31.8. The number of amides is 2. The number of carbonyl (C=O) groups is 4. The molecule has 2 N–H and O–H groups in total. The van der Waals surface area contributed by atoms with E-state index in [1.165, 1.54) is 4.90 Å². The molecule has 2 saturated carbocycles. The lowest BCUT2D eigenvalue weighted by Crippen LogP contribution is -2.48. The lowest BCUT2D eigenvalue weighted by Gasteiger charge is -2.39. The van der Waals surface area contributed by atoms with Crippen LogP contribution in [0.1, 0.15) is 115 Å². The Kier molecular flexibility index (Phi) is 9.74. The molecule has 1 aromatic carbocycles. The fourth-order valence-electron chi connectivity index (χ4n) is 8.71. The van der Waals surface area contributed by atoms with Crippen molar-refractivity contribution in [2.24, 2.45) is 17.3 Å². The average Bonchev–Trinajstić information content (AvgIpc) is 3.98. The molecule has 286 valence electrons. The van der Waals surface area contributed by atoms with Gasteiger partial charge in [0.15, 0.2) is 5.78 Å². The number of sulfonamides is 1. The number of aliphatic hydroxyl groups is 1. The van der Waals surface area contributed by atoms with Crippen molar-refractivity contribution in [1.29, 1.82) is 0 Å². The fourth-order valence-corrected chi connectivity index (χ4v) is 10.0. The number of esters is 1. The van der Waals surface area contributed by atoms with E-state index < -0.39 is 55.7 Å². The van der Waals surface area contributed by atoms with E-state index in [0.717, 1.165) is 30.2 Å². The van der Waals surface area contributed by atoms with E-state index in [1.807, 2.05) is 36.4 Å². The van der Waals surface area contributed by atoms with Crippen LogP contribution in [0.25, 0.3) is 10.9 Å². The van der Waals surface area contributed by atoms with E-state index in [2.05, 4.69) is 4.72 Å². The van der Waals surface area contributed by atoms with Crippen LogP contribution >= 0.6 is 0 Å². The van der Waals surface area contributed by atoms with E-state index in [-0.39, 0.29) is 55.9 Å². The van der Waals surface area contributed by atoms with E-state index in [9.17, 15) is 32.7 Å². The number of aryl methyl sites for hydroxylation is 1. The highest BCUT2D eigenvalue weighted by atomic mass is 32.2. The van der Waals surface area contributed by atoms with Gasteiger partial charge in [-0.1, -0.05) is 43.2 Å². The third kappa shape index (κ3) is 7.11. The maximum absolute atomic E-state index is 14.7. The molecular weight excluding hydrogens is 699 g/mol. The highest BCUT2D eigenvalue weighted by Crippen LogP contribution is 2.58. The molecule has 1 saturated heterocycles. The molecule has 1 unspecified atom stereocenters. The molecule has 0 bridgehead atoms. The summed E-state index contributed by atoms with van der Waals surface area (Å²) in [5, 5.41) is 12.5. The predicted molar refractivity (Wildman–Crippen MR) is 196 cm³/mol. The third-order valence-corrected chi connectivity index (χ3v) is 14.3. The summed E-state index contributed by atoms with van der Waals surface area (Å²) in [6, 6.07) is 6.46. The monoisotopic (exact) mass is 749 g/mol. The van der Waals surface area contributed by atoms with Crippen molar-refractivity contribution < 1.29 is 42.2 Å². The van der Waals surface area contributed by atoms with Crippen LogP contribution < -0.4 is 9.46 Å². The van der Waals surface area contributed by atoms with Crippen LogP contribution in [-0.4, -0.2) is 76.0 Å². The minimum absolute atomic E-state index is 0.0179. The molecule has 12 nitrogen and oxygen atoms in total. The summed E-state index contributed by atoms with van der Waals surface area (Å²) in [6.07, 6.45) is 7.03. The maximum atomic E-state index is 14.7. The van der Waals surface area contributed by atoms with Crippen LogP contribution in [0.2, 0.25) is 0 Å². The number of nitrogens with one attached hydrogen (secondary N) is 1. The van der Waals surface area contributed by atoms with Crippen LogP contribution in [-0.2, 0) is 33.9 Å². The molecule has 1 aromatic heterocycles. The Morgan fingerprint density at radius 2 is 1.87 bits per heavy atom. The summed E-state index contributed by atoms with van der Waals surface area (Å²) in [5.41, 5.74) is -0.535. The molecule has 13 heteroatoms. The largest absolute Gasteiger partial charge is 0.483 e. The second-order valence-electron chi connectivity index (χ2n) is 16.6. The third-order valence-electron chi connectivity index (χ3n) is 12.2. The molecule has 6 atom stereocenters. The number of pyridine rings is 1. The van der Waals surface area contributed by atoms with Crippen molar-refractivity contribution in [2.75, 3.05) is 6.54 Å². The van der Waals surface area contributed by atoms with Crippen molar-refractivity contribution in [1.82, 2.24) is 14.6 Å².